The largest absolute Gasteiger partial charge is 0.507 e. The van der Waals surface area contributed by atoms with Crippen LogP contribution in [0.5, 0.6) is 5.75 Å². The fourth-order valence-electron chi connectivity index (χ4n) is 1.33. The Bertz CT molecular complexity index is 480. The second-order valence-corrected chi connectivity index (χ2v) is 3.53. The zero-order valence-electron chi connectivity index (χ0n) is 6.64. The molecule has 0 saturated carbocycles. The molecule has 0 aliphatic heterocycles. The van der Waals surface area contributed by atoms with E-state index in [9.17, 15) is 14.3 Å². The number of phenols is 1. The third-order valence-electron chi connectivity index (χ3n) is 1.97. The van der Waals surface area contributed by atoms with Crippen LogP contribution in [-0.2, 0) is 0 Å². The summed E-state index contributed by atoms with van der Waals surface area (Å²) < 4.78 is 13.2. The highest BCUT2D eigenvalue weighted by Crippen LogP contribution is 2.42. The minimum Gasteiger partial charge on any atom is -0.507 e. The number of Topliss-reactive ketones (excluding diaryl/α,β-unsaturated/α-hetero) is 1. The molecule has 1 aliphatic carbocycles. The first-order chi connectivity index (χ1) is 6.54. The first-order valence-electron chi connectivity index (χ1n) is 3.66. The number of allylic oxidation sites excluding steroid dienone is 1. The number of phenolic OH excluding ortho intramolecular Hbond substituents is 1. The van der Waals surface area contributed by atoms with Crippen LogP contribution in [0.15, 0.2) is 17.2 Å². The molecule has 1 aliphatic rings. The van der Waals surface area contributed by atoms with E-state index in [-0.39, 0.29) is 26.9 Å². The second kappa shape index (κ2) is 2.97. The first kappa shape index (κ1) is 9.49. The highest BCUT2D eigenvalue weighted by molar-refractivity contribution is 6.64. The lowest BCUT2D eigenvalue weighted by Gasteiger charge is -2.02. The first-order valence-corrected chi connectivity index (χ1v) is 4.41. The van der Waals surface area contributed by atoms with Gasteiger partial charge in [-0.25, -0.2) is 4.39 Å². The summed E-state index contributed by atoms with van der Waals surface area (Å²) in [4.78, 5) is 11.4. The van der Waals surface area contributed by atoms with Gasteiger partial charge in [0, 0.05) is 5.56 Å². The van der Waals surface area contributed by atoms with E-state index >= 15 is 0 Å². The van der Waals surface area contributed by atoms with Crippen molar-refractivity contribution >= 4 is 34.0 Å². The van der Waals surface area contributed by atoms with E-state index in [1.165, 1.54) is 0 Å². The van der Waals surface area contributed by atoms with Gasteiger partial charge in [0.2, 0.25) is 5.78 Å². The van der Waals surface area contributed by atoms with E-state index in [1.807, 2.05) is 0 Å². The van der Waals surface area contributed by atoms with Crippen LogP contribution in [0, 0.1) is 5.82 Å². The van der Waals surface area contributed by atoms with Gasteiger partial charge >= 0.3 is 0 Å². The van der Waals surface area contributed by atoms with Crippen LogP contribution in [0.1, 0.15) is 15.9 Å². The van der Waals surface area contributed by atoms with Crippen molar-refractivity contribution < 1.29 is 14.3 Å². The van der Waals surface area contributed by atoms with Crippen molar-refractivity contribution in [1.82, 2.24) is 0 Å². The van der Waals surface area contributed by atoms with E-state index in [2.05, 4.69) is 0 Å². The summed E-state index contributed by atoms with van der Waals surface area (Å²) in [6, 6.07) is 2.12. The summed E-state index contributed by atoms with van der Waals surface area (Å²) in [5.41, 5.74) is -0.290. The molecule has 0 aromatic heterocycles. The molecule has 2 rings (SSSR count). The van der Waals surface area contributed by atoms with Gasteiger partial charge in [-0.1, -0.05) is 23.2 Å². The van der Waals surface area contributed by atoms with Gasteiger partial charge in [0.1, 0.15) is 16.6 Å². The van der Waals surface area contributed by atoms with Gasteiger partial charge in [0.15, 0.2) is 0 Å². The molecule has 0 fully saturated rings. The molecule has 0 amide bonds. The molecule has 1 aromatic rings. The molecule has 5 heteroatoms. The normalized spacial score (nSPS) is 14.9. The molecule has 14 heavy (non-hydrogen) atoms. The fraction of sp³-hybridized carbons (Fsp3) is 0. The SMILES string of the molecule is O=C1C(Cl)=C(Cl)c2c(F)ccc(O)c21. The molecule has 0 radical (unpaired) electrons. The topological polar surface area (TPSA) is 37.3 Å². The number of rotatable bonds is 0. The average Bonchev–Trinajstić information content (AvgIpc) is 2.38. The highest BCUT2D eigenvalue weighted by atomic mass is 35.5. The van der Waals surface area contributed by atoms with Crippen molar-refractivity contribution in [3.63, 3.8) is 0 Å². The summed E-state index contributed by atoms with van der Waals surface area (Å²) in [6.07, 6.45) is 0. The second-order valence-electron chi connectivity index (χ2n) is 2.77. The van der Waals surface area contributed by atoms with Gasteiger partial charge < -0.3 is 5.11 Å². The number of ketones is 1. The molecular formula is C9H3Cl2FO2. The number of benzene rings is 1. The van der Waals surface area contributed by atoms with Crippen molar-refractivity contribution in [3.05, 3.63) is 34.1 Å². The molecule has 1 N–H and O–H groups in total. The summed E-state index contributed by atoms with van der Waals surface area (Å²) in [5, 5.41) is 8.92. The van der Waals surface area contributed by atoms with Gasteiger partial charge in [-0.05, 0) is 12.1 Å². The number of carbonyl (C=O) groups excluding carboxylic acids is 1. The molecular weight excluding hydrogens is 230 g/mol. The van der Waals surface area contributed by atoms with Gasteiger partial charge in [-0.3, -0.25) is 4.79 Å². The average molecular weight is 233 g/mol. The molecule has 0 unspecified atom stereocenters. The Hall–Kier alpha value is -1.06. The Labute approximate surface area is 88.6 Å². The maximum Gasteiger partial charge on any atom is 0.210 e. The van der Waals surface area contributed by atoms with E-state index in [0.29, 0.717) is 0 Å². The Kier molecular flexibility index (Phi) is 2.01. The Morgan fingerprint density at radius 2 is 1.79 bits per heavy atom. The van der Waals surface area contributed by atoms with Gasteiger partial charge in [-0.15, -0.1) is 0 Å². The summed E-state index contributed by atoms with van der Waals surface area (Å²) in [5.74, 6) is -1.64. The predicted octanol–water partition coefficient (Wildman–Crippen LogP) is 2.87. The monoisotopic (exact) mass is 232 g/mol. The number of halogens is 3. The van der Waals surface area contributed by atoms with Crippen LogP contribution < -0.4 is 0 Å². The Balaban J connectivity index is 2.85. The molecule has 2 nitrogen and oxygen atoms in total. The molecule has 0 bridgehead atoms. The van der Waals surface area contributed by atoms with Crippen molar-refractivity contribution in [2.75, 3.05) is 0 Å². The Morgan fingerprint density at radius 1 is 1.14 bits per heavy atom. The maximum atomic E-state index is 13.2. The minimum absolute atomic E-state index is 0.123. The number of carbonyl (C=O) groups is 1. The fourth-order valence-corrected chi connectivity index (χ4v) is 1.79. The van der Waals surface area contributed by atoms with Crippen LogP contribution in [0.25, 0.3) is 5.03 Å². The summed E-state index contributed by atoms with van der Waals surface area (Å²) in [7, 11) is 0. The zero-order valence-corrected chi connectivity index (χ0v) is 8.16. The van der Waals surface area contributed by atoms with E-state index in [1.54, 1.807) is 0 Å². The molecule has 1 aromatic carbocycles. The lowest BCUT2D eigenvalue weighted by Crippen LogP contribution is -1.96. The van der Waals surface area contributed by atoms with Gasteiger partial charge in [0.05, 0.1) is 10.6 Å². The summed E-state index contributed by atoms with van der Waals surface area (Å²) >= 11 is 11.2. The van der Waals surface area contributed by atoms with E-state index < -0.39 is 11.6 Å². The van der Waals surface area contributed by atoms with Crippen LogP contribution in [0.4, 0.5) is 4.39 Å². The molecule has 0 heterocycles. The van der Waals surface area contributed by atoms with E-state index in [0.717, 1.165) is 12.1 Å². The van der Waals surface area contributed by atoms with Crippen molar-refractivity contribution in [3.8, 4) is 5.75 Å². The van der Waals surface area contributed by atoms with Crippen LogP contribution in [-0.4, -0.2) is 10.9 Å². The third kappa shape index (κ3) is 1.06. The quantitative estimate of drug-likeness (QED) is 0.747. The maximum absolute atomic E-state index is 13.2. The molecule has 0 atom stereocenters. The van der Waals surface area contributed by atoms with Gasteiger partial charge in [-0.2, -0.15) is 0 Å². The Morgan fingerprint density at radius 3 is 2.36 bits per heavy atom. The van der Waals surface area contributed by atoms with Crippen LogP contribution in [0.3, 0.4) is 0 Å². The highest BCUT2D eigenvalue weighted by Gasteiger charge is 2.32. The number of fused-ring (bicyclic) bond motifs is 1. The number of aromatic hydroxyl groups is 1. The molecule has 0 spiro atoms. The standard InChI is InChI=1S/C9H3Cl2FO2/c10-7-5-3(12)1-2-4(13)6(5)9(14)8(7)11/h1-2,13H. The predicted molar refractivity (Wildman–Crippen MR) is 51.0 cm³/mol. The smallest absolute Gasteiger partial charge is 0.210 e. The zero-order chi connectivity index (χ0) is 10.5. The minimum atomic E-state index is -0.674. The third-order valence-corrected chi connectivity index (χ3v) is 2.81. The van der Waals surface area contributed by atoms with Crippen LogP contribution >= 0.6 is 23.2 Å². The van der Waals surface area contributed by atoms with E-state index in [4.69, 9.17) is 23.2 Å². The number of hydrogen-bond donors (Lipinski definition) is 1. The van der Waals surface area contributed by atoms with Crippen molar-refractivity contribution in [2.45, 2.75) is 0 Å². The van der Waals surface area contributed by atoms with Crippen LogP contribution in [0.2, 0.25) is 0 Å². The lowest BCUT2D eigenvalue weighted by atomic mass is 10.1. The van der Waals surface area contributed by atoms with Crippen molar-refractivity contribution in [2.24, 2.45) is 0 Å². The summed E-state index contributed by atoms with van der Waals surface area (Å²) in [6.45, 7) is 0. The van der Waals surface area contributed by atoms with Gasteiger partial charge in [0.25, 0.3) is 0 Å². The van der Waals surface area contributed by atoms with Crippen molar-refractivity contribution in [1.29, 1.82) is 0 Å². The molecule has 72 valence electrons. The number of hydrogen-bond acceptors (Lipinski definition) is 2. The molecule has 0 saturated heterocycles. The lowest BCUT2D eigenvalue weighted by molar-refractivity contribution is 0.104.